The van der Waals surface area contributed by atoms with Crippen LogP contribution in [0.2, 0.25) is 0 Å². The van der Waals surface area contributed by atoms with Crippen molar-refractivity contribution in [3.63, 3.8) is 0 Å². The largest absolute Gasteiger partial charge is 0.452 e. The fourth-order valence-electron chi connectivity index (χ4n) is 2.12. The van der Waals surface area contributed by atoms with Crippen LogP contribution in [0.5, 0.6) is 0 Å². The van der Waals surface area contributed by atoms with Gasteiger partial charge in [-0.1, -0.05) is 5.16 Å². The first-order valence-electron chi connectivity index (χ1n) is 7.27. The molecule has 0 fully saturated rings. The number of rotatable bonds is 5. The normalized spacial score (nSPS) is 10.7. The Bertz CT molecular complexity index is 962. The highest BCUT2D eigenvalue weighted by Crippen LogP contribution is 2.19. The van der Waals surface area contributed by atoms with Gasteiger partial charge in [0.15, 0.2) is 6.61 Å². The molecule has 0 atom stereocenters. The monoisotopic (exact) mass is 353 g/mol. The van der Waals surface area contributed by atoms with E-state index in [1.54, 1.807) is 46.6 Å². The molecule has 0 N–H and O–H groups in total. The van der Waals surface area contributed by atoms with Gasteiger partial charge in [-0.05, 0) is 35.7 Å². The molecule has 8 nitrogen and oxygen atoms in total. The second-order valence-corrected chi connectivity index (χ2v) is 5.77. The number of hydrogen-bond donors (Lipinski definition) is 0. The Balaban J connectivity index is 1.39. The molecular formula is C16H11N5O3S. The van der Waals surface area contributed by atoms with E-state index in [2.05, 4.69) is 20.2 Å². The fraction of sp³-hybridized carbons (Fsp3) is 0.0625. The highest BCUT2D eigenvalue weighted by atomic mass is 32.1. The molecule has 0 amide bonds. The first-order valence-corrected chi connectivity index (χ1v) is 8.21. The van der Waals surface area contributed by atoms with Crippen molar-refractivity contribution in [2.24, 2.45) is 0 Å². The maximum atomic E-state index is 12.1. The Morgan fingerprint density at radius 2 is 2.12 bits per heavy atom. The van der Waals surface area contributed by atoms with E-state index in [0.29, 0.717) is 11.4 Å². The minimum atomic E-state index is -0.472. The average molecular weight is 353 g/mol. The second-order valence-electron chi connectivity index (χ2n) is 4.99. The minimum absolute atomic E-state index is 0.0825. The van der Waals surface area contributed by atoms with Gasteiger partial charge in [0.05, 0.1) is 11.3 Å². The van der Waals surface area contributed by atoms with Gasteiger partial charge < -0.3 is 9.26 Å². The first kappa shape index (κ1) is 15.2. The van der Waals surface area contributed by atoms with Crippen molar-refractivity contribution in [3.8, 4) is 17.1 Å². The maximum absolute atomic E-state index is 12.1. The van der Waals surface area contributed by atoms with Crippen LogP contribution in [-0.2, 0) is 11.3 Å². The summed E-state index contributed by atoms with van der Waals surface area (Å²) >= 11 is 1.54. The van der Waals surface area contributed by atoms with Crippen LogP contribution < -0.4 is 0 Å². The number of hydrogen-bond acceptors (Lipinski definition) is 8. The predicted octanol–water partition coefficient (Wildman–Crippen LogP) is 2.74. The average Bonchev–Trinajstić information content (AvgIpc) is 3.42. The number of aromatic nitrogens is 5. The number of carbonyl (C=O) groups is 1. The molecule has 0 aliphatic carbocycles. The van der Waals surface area contributed by atoms with Gasteiger partial charge in [0.25, 0.3) is 5.89 Å². The molecule has 0 saturated carbocycles. The first-order chi connectivity index (χ1) is 12.3. The Kier molecular flexibility index (Phi) is 4.05. The van der Waals surface area contributed by atoms with E-state index < -0.39 is 5.97 Å². The molecule has 4 aromatic rings. The molecule has 3 heterocycles. The lowest BCUT2D eigenvalue weighted by Crippen LogP contribution is -2.06. The molecule has 0 spiro atoms. The van der Waals surface area contributed by atoms with E-state index in [0.717, 1.165) is 11.3 Å². The third-order valence-electron chi connectivity index (χ3n) is 3.36. The summed E-state index contributed by atoms with van der Waals surface area (Å²) in [7, 11) is 0. The molecule has 0 bridgehead atoms. The zero-order chi connectivity index (χ0) is 17.1. The Morgan fingerprint density at radius 3 is 2.84 bits per heavy atom. The predicted molar refractivity (Wildman–Crippen MR) is 88.1 cm³/mol. The smallest absolute Gasteiger partial charge is 0.338 e. The molecule has 25 heavy (non-hydrogen) atoms. The molecule has 0 saturated heterocycles. The molecule has 0 radical (unpaired) electrons. The molecule has 3 aromatic heterocycles. The van der Waals surface area contributed by atoms with Crippen LogP contribution in [0.25, 0.3) is 17.1 Å². The summed E-state index contributed by atoms with van der Waals surface area (Å²) < 4.78 is 11.9. The third kappa shape index (κ3) is 3.31. The Morgan fingerprint density at radius 1 is 1.24 bits per heavy atom. The number of esters is 1. The number of nitrogens with zero attached hydrogens (tertiary/aromatic N) is 5. The van der Waals surface area contributed by atoms with Crippen molar-refractivity contribution in [2.45, 2.75) is 6.61 Å². The number of ether oxygens (including phenoxy) is 1. The van der Waals surface area contributed by atoms with Crippen LogP contribution in [-0.4, -0.2) is 30.9 Å². The van der Waals surface area contributed by atoms with Crippen LogP contribution in [0.1, 0.15) is 16.2 Å². The summed E-state index contributed by atoms with van der Waals surface area (Å²) in [4.78, 5) is 20.2. The van der Waals surface area contributed by atoms with E-state index in [1.165, 1.54) is 6.33 Å². The molecule has 1 aromatic carbocycles. The van der Waals surface area contributed by atoms with Gasteiger partial charge in [0.2, 0.25) is 5.82 Å². The summed E-state index contributed by atoms with van der Waals surface area (Å²) in [5, 5.41) is 11.7. The van der Waals surface area contributed by atoms with Crippen LogP contribution in [0.4, 0.5) is 0 Å². The Labute approximate surface area is 145 Å². The summed E-state index contributed by atoms with van der Waals surface area (Å²) in [5.74, 6) is 0.249. The van der Waals surface area contributed by atoms with Crippen LogP contribution in [0.3, 0.4) is 0 Å². The molecule has 124 valence electrons. The van der Waals surface area contributed by atoms with E-state index in [4.69, 9.17) is 9.26 Å². The van der Waals surface area contributed by atoms with Crippen LogP contribution in [0, 0.1) is 0 Å². The number of carbonyl (C=O) groups excluding carboxylic acids is 1. The standard InChI is InChI=1S/C16H11N5O3S/c22-16(11-1-3-13(4-2-11)21-10-17-9-18-21)23-7-14-19-15(20-24-14)12-5-6-25-8-12/h1-6,8-10H,7H2. The van der Waals surface area contributed by atoms with Crippen LogP contribution >= 0.6 is 11.3 Å². The molecule has 0 unspecified atom stereocenters. The van der Waals surface area contributed by atoms with E-state index >= 15 is 0 Å². The zero-order valence-corrected chi connectivity index (χ0v) is 13.6. The lowest BCUT2D eigenvalue weighted by molar-refractivity contribution is 0.0430. The van der Waals surface area contributed by atoms with Crippen LogP contribution in [0.15, 0.2) is 58.3 Å². The summed E-state index contributed by atoms with van der Waals surface area (Å²) in [6.45, 7) is -0.0825. The van der Waals surface area contributed by atoms with Crippen molar-refractivity contribution in [3.05, 3.63) is 65.2 Å². The van der Waals surface area contributed by atoms with Gasteiger partial charge in [-0.3, -0.25) is 0 Å². The second kappa shape index (κ2) is 6.65. The van der Waals surface area contributed by atoms with E-state index in [9.17, 15) is 4.79 Å². The molecular weight excluding hydrogens is 342 g/mol. The SMILES string of the molecule is O=C(OCc1nc(-c2ccsc2)no1)c1ccc(-n2cncn2)cc1. The fourth-order valence-corrected chi connectivity index (χ4v) is 2.76. The molecule has 0 aliphatic rings. The molecule has 4 rings (SSSR count). The van der Waals surface area contributed by atoms with Crippen molar-refractivity contribution in [2.75, 3.05) is 0 Å². The summed E-state index contributed by atoms with van der Waals surface area (Å²) in [6, 6.07) is 8.72. The minimum Gasteiger partial charge on any atom is -0.452 e. The number of thiophene rings is 1. The van der Waals surface area contributed by atoms with Crippen molar-refractivity contribution >= 4 is 17.3 Å². The maximum Gasteiger partial charge on any atom is 0.338 e. The highest BCUT2D eigenvalue weighted by molar-refractivity contribution is 7.08. The van der Waals surface area contributed by atoms with Gasteiger partial charge in [-0.2, -0.15) is 21.4 Å². The lowest BCUT2D eigenvalue weighted by Gasteiger charge is -2.04. The highest BCUT2D eigenvalue weighted by Gasteiger charge is 2.13. The van der Waals surface area contributed by atoms with Gasteiger partial charge in [-0.25, -0.2) is 14.5 Å². The van der Waals surface area contributed by atoms with E-state index in [1.807, 2.05) is 16.8 Å². The van der Waals surface area contributed by atoms with Crippen molar-refractivity contribution < 1.29 is 14.1 Å². The summed E-state index contributed by atoms with van der Waals surface area (Å²) in [5.41, 5.74) is 2.09. The number of benzene rings is 1. The summed E-state index contributed by atoms with van der Waals surface area (Å²) in [6.07, 6.45) is 3.02. The zero-order valence-electron chi connectivity index (χ0n) is 12.8. The van der Waals surface area contributed by atoms with Crippen molar-refractivity contribution in [1.82, 2.24) is 24.9 Å². The van der Waals surface area contributed by atoms with Crippen molar-refractivity contribution in [1.29, 1.82) is 0 Å². The molecule has 9 heteroatoms. The lowest BCUT2D eigenvalue weighted by atomic mass is 10.2. The Hall–Kier alpha value is -3.33. The van der Waals surface area contributed by atoms with Gasteiger partial charge in [0.1, 0.15) is 12.7 Å². The third-order valence-corrected chi connectivity index (χ3v) is 4.04. The van der Waals surface area contributed by atoms with E-state index in [-0.39, 0.29) is 12.5 Å². The van der Waals surface area contributed by atoms with Gasteiger partial charge in [0, 0.05) is 10.9 Å². The van der Waals surface area contributed by atoms with Gasteiger partial charge >= 0.3 is 5.97 Å². The molecule has 0 aliphatic heterocycles. The quantitative estimate of drug-likeness (QED) is 0.509. The topological polar surface area (TPSA) is 95.9 Å². The van der Waals surface area contributed by atoms with Gasteiger partial charge in [-0.15, -0.1) is 0 Å².